The Hall–Kier alpha value is -0.770. The number of hydrogen-bond acceptors (Lipinski definition) is 3. The van der Waals surface area contributed by atoms with Crippen LogP contribution in [0.4, 0.5) is 0 Å². The molecule has 21 heavy (non-hydrogen) atoms. The second kappa shape index (κ2) is 10.0. The minimum Gasteiger partial charge on any atom is -0.491 e. The highest BCUT2D eigenvalue weighted by molar-refractivity contribution is 6.31. The fourth-order valence-electron chi connectivity index (χ4n) is 2.10. The first-order valence-electron chi connectivity index (χ1n) is 7.83. The zero-order valence-corrected chi connectivity index (χ0v) is 14.1. The van der Waals surface area contributed by atoms with Crippen molar-refractivity contribution < 1.29 is 9.84 Å². The second-order valence-corrected chi connectivity index (χ2v) is 6.09. The minimum absolute atomic E-state index is 0.287. The van der Waals surface area contributed by atoms with Crippen molar-refractivity contribution in [3.63, 3.8) is 0 Å². The Morgan fingerprint density at radius 1 is 1.33 bits per heavy atom. The standard InChI is InChI=1S/C17H28ClNO2/c1-4-5-6-7-14(3)19-11-15(20)12-21-16-8-9-17(18)13(2)10-16/h8-10,14-15,19-20H,4-7,11-12H2,1-3H3. The molecule has 3 nitrogen and oxygen atoms in total. The van der Waals surface area contributed by atoms with Gasteiger partial charge in [0.25, 0.3) is 0 Å². The average molecular weight is 314 g/mol. The van der Waals surface area contributed by atoms with E-state index in [1.807, 2.05) is 25.1 Å². The van der Waals surface area contributed by atoms with Gasteiger partial charge in [-0.15, -0.1) is 0 Å². The van der Waals surface area contributed by atoms with Crippen LogP contribution in [0.25, 0.3) is 0 Å². The first-order valence-corrected chi connectivity index (χ1v) is 8.21. The van der Waals surface area contributed by atoms with Gasteiger partial charge in [0, 0.05) is 17.6 Å². The van der Waals surface area contributed by atoms with Crippen molar-refractivity contribution in [3.8, 4) is 5.75 Å². The van der Waals surface area contributed by atoms with Crippen molar-refractivity contribution in [3.05, 3.63) is 28.8 Å². The molecule has 0 saturated carbocycles. The van der Waals surface area contributed by atoms with Gasteiger partial charge in [-0.2, -0.15) is 0 Å². The number of aryl methyl sites for hydroxylation is 1. The van der Waals surface area contributed by atoms with E-state index in [0.29, 0.717) is 12.6 Å². The summed E-state index contributed by atoms with van der Waals surface area (Å²) in [4.78, 5) is 0. The van der Waals surface area contributed by atoms with Crippen LogP contribution in [0.15, 0.2) is 18.2 Å². The van der Waals surface area contributed by atoms with Gasteiger partial charge in [-0.05, 0) is 44.0 Å². The zero-order valence-electron chi connectivity index (χ0n) is 13.4. The highest BCUT2D eigenvalue weighted by Crippen LogP contribution is 2.21. The lowest BCUT2D eigenvalue weighted by molar-refractivity contribution is 0.104. The van der Waals surface area contributed by atoms with E-state index in [1.54, 1.807) is 0 Å². The molecule has 0 amide bonds. The number of unbranched alkanes of at least 4 members (excludes halogenated alkanes) is 2. The number of aliphatic hydroxyl groups excluding tert-OH is 1. The molecular formula is C17H28ClNO2. The Labute approximate surface area is 133 Å². The number of nitrogens with one attached hydrogen (secondary N) is 1. The van der Waals surface area contributed by atoms with Crippen molar-refractivity contribution in [2.24, 2.45) is 0 Å². The maximum atomic E-state index is 9.94. The minimum atomic E-state index is -0.505. The molecule has 120 valence electrons. The van der Waals surface area contributed by atoms with Crippen molar-refractivity contribution in [2.75, 3.05) is 13.2 Å². The quantitative estimate of drug-likeness (QED) is 0.643. The van der Waals surface area contributed by atoms with Gasteiger partial charge in [0.2, 0.25) is 0 Å². The summed E-state index contributed by atoms with van der Waals surface area (Å²) >= 11 is 5.97. The number of hydrogen-bond donors (Lipinski definition) is 2. The van der Waals surface area contributed by atoms with Crippen LogP contribution in [0.3, 0.4) is 0 Å². The van der Waals surface area contributed by atoms with E-state index in [4.69, 9.17) is 16.3 Å². The molecule has 2 unspecified atom stereocenters. The van der Waals surface area contributed by atoms with Crippen LogP contribution in [0.2, 0.25) is 5.02 Å². The van der Waals surface area contributed by atoms with Gasteiger partial charge in [0.1, 0.15) is 18.5 Å². The molecule has 2 atom stereocenters. The molecule has 0 saturated heterocycles. The summed E-state index contributed by atoms with van der Waals surface area (Å²) in [5.74, 6) is 0.743. The molecule has 0 spiro atoms. The van der Waals surface area contributed by atoms with Gasteiger partial charge < -0.3 is 15.2 Å². The molecule has 0 heterocycles. The van der Waals surface area contributed by atoms with Crippen LogP contribution < -0.4 is 10.1 Å². The third kappa shape index (κ3) is 7.70. The second-order valence-electron chi connectivity index (χ2n) is 5.68. The average Bonchev–Trinajstić information content (AvgIpc) is 2.46. The lowest BCUT2D eigenvalue weighted by Crippen LogP contribution is -2.36. The molecular weight excluding hydrogens is 286 g/mol. The molecule has 0 bridgehead atoms. The van der Waals surface area contributed by atoms with Crippen molar-refractivity contribution in [1.82, 2.24) is 5.32 Å². The zero-order chi connectivity index (χ0) is 15.7. The van der Waals surface area contributed by atoms with Gasteiger partial charge in [-0.3, -0.25) is 0 Å². The summed E-state index contributed by atoms with van der Waals surface area (Å²) in [5, 5.41) is 14.0. The molecule has 4 heteroatoms. The van der Waals surface area contributed by atoms with Crippen LogP contribution in [-0.2, 0) is 0 Å². The Kier molecular flexibility index (Phi) is 8.74. The number of rotatable bonds is 10. The molecule has 0 aliphatic carbocycles. The van der Waals surface area contributed by atoms with E-state index < -0.39 is 6.10 Å². The van der Waals surface area contributed by atoms with Crippen LogP contribution in [-0.4, -0.2) is 30.4 Å². The van der Waals surface area contributed by atoms with E-state index in [9.17, 15) is 5.11 Å². The van der Waals surface area contributed by atoms with Crippen LogP contribution >= 0.6 is 11.6 Å². The summed E-state index contributed by atoms with van der Waals surface area (Å²) in [6, 6.07) is 5.95. The van der Waals surface area contributed by atoms with E-state index >= 15 is 0 Å². The highest BCUT2D eigenvalue weighted by atomic mass is 35.5. The summed E-state index contributed by atoms with van der Waals surface area (Å²) in [5.41, 5.74) is 0.978. The lowest BCUT2D eigenvalue weighted by atomic mass is 10.1. The van der Waals surface area contributed by atoms with Crippen LogP contribution in [0.1, 0.15) is 45.1 Å². The van der Waals surface area contributed by atoms with Crippen molar-refractivity contribution in [1.29, 1.82) is 0 Å². The molecule has 1 aromatic rings. The van der Waals surface area contributed by atoms with Crippen LogP contribution in [0, 0.1) is 6.92 Å². The largest absolute Gasteiger partial charge is 0.491 e. The number of ether oxygens (including phenoxy) is 1. The van der Waals surface area contributed by atoms with E-state index in [2.05, 4.69) is 19.2 Å². The Morgan fingerprint density at radius 3 is 2.76 bits per heavy atom. The monoisotopic (exact) mass is 313 g/mol. The number of benzene rings is 1. The van der Waals surface area contributed by atoms with Crippen molar-refractivity contribution in [2.45, 2.75) is 58.6 Å². The number of halogens is 1. The lowest BCUT2D eigenvalue weighted by Gasteiger charge is -2.17. The van der Waals surface area contributed by atoms with E-state index in [0.717, 1.165) is 22.8 Å². The SMILES string of the molecule is CCCCCC(C)NCC(O)COc1ccc(Cl)c(C)c1. The van der Waals surface area contributed by atoms with E-state index in [-0.39, 0.29) is 6.61 Å². The summed E-state index contributed by atoms with van der Waals surface area (Å²) in [6.07, 6.45) is 4.39. The normalized spacial score (nSPS) is 14.0. The molecule has 1 aromatic carbocycles. The molecule has 0 fully saturated rings. The predicted octanol–water partition coefficient (Wildman–Crippen LogP) is 3.95. The molecule has 2 N–H and O–H groups in total. The topological polar surface area (TPSA) is 41.5 Å². The summed E-state index contributed by atoms with van der Waals surface area (Å²) in [6.45, 7) is 7.14. The molecule has 1 rings (SSSR count). The molecule has 0 radical (unpaired) electrons. The van der Waals surface area contributed by atoms with Gasteiger partial charge in [-0.1, -0.05) is 37.8 Å². The highest BCUT2D eigenvalue weighted by Gasteiger charge is 2.08. The van der Waals surface area contributed by atoms with E-state index in [1.165, 1.54) is 19.3 Å². The smallest absolute Gasteiger partial charge is 0.119 e. The fourth-order valence-corrected chi connectivity index (χ4v) is 2.22. The number of aliphatic hydroxyl groups is 1. The summed E-state index contributed by atoms with van der Waals surface area (Å²) in [7, 11) is 0. The van der Waals surface area contributed by atoms with Crippen molar-refractivity contribution >= 4 is 11.6 Å². The Bertz CT molecular complexity index is 412. The third-order valence-corrected chi connectivity index (χ3v) is 3.94. The molecule has 0 aromatic heterocycles. The van der Waals surface area contributed by atoms with Crippen LogP contribution in [0.5, 0.6) is 5.75 Å². The molecule has 0 aliphatic heterocycles. The first-order chi connectivity index (χ1) is 10.0. The van der Waals surface area contributed by atoms with Gasteiger partial charge in [0.15, 0.2) is 0 Å². The molecule has 0 aliphatic rings. The van der Waals surface area contributed by atoms with Gasteiger partial charge >= 0.3 is 0 Å². The Morgan fingerprint density at radius 2 is 2.10 bits per heavy atom. The fraction of sp³-hybridized carbons (Fsp3) is 0.647. The maximum Gasteiger partial charge on any atom is 0.119 e. The first kappa shape index (κ1) is 18.3. The summed E-state index contributed by atoms with van der Waals surface area (Å²) < 4.78 is 5.59. The predicted molar refractivity (Wildman–Crippen MR) is 89.3 cm³/mol. The van der Waals surface area contributed by atoms with Gasteiger partial charge in [0.05, 0.1) is 0 Å². The Balaban J connectivity index is 2.21. The third-order valence-electron chi connectivity index (χ3n) is 3.51. The van der Waals surface area contributed by atoms with Gasteiger partial charge in [-0.25, -0.2) is 0 Å². The maximum absolute atomic E-state index is 9.94.